The van der Waals surface area contributed by atoms with Gasteiger partial charge in [-0.3, -0.25) is 4.79 Å². The van der Waals surface area contributed by atoms with Crippen molar-refractivity contribution in [3.63, 3.8) is 0 Å². The zero-order chi connectivity index (χ0) is 14.5. The Hall–Kier alpha value is -0.610. The Morgan fingerprint density at radius 2 is 1.89 bits per heavy atom. The second-order valence-corrected chi connectivity index (χ2v) is 6.91. The summed E-state index contributed by atoms with van der Waals surface area (Å²) < 4.78 is 5.53. The summed E-state index contributed by atoms with van der Waals surface area (Å²) in [5, 5.41) is 6.84. The predicted octanol–water partition coefficient (Wildman–Crippen LogP) is 2.08. The van der Waals surface area contributed by atoms with Crippen molar-refractivity contribution in [2.75, 3.05) is 13.1 Å². The first kappa shape index (κ1) is 16.4. The molecule has 2 N–H and O–H groups in total. The van der Waals surface area contributed by atoms with Crippen LogP contribution in [-0.4, -0.2) is 36.7 Å². The van der Waals surface area contributed by atoms with Gasteiger partial charge in [0.1, 0.15) is 11.6 Å². The number of carbonyl (C=O) groups excluding carboxylic acids is 1. The largest absolute Gasteiger partial charge is 0.459 e. The molecule has 1 heterocycles. The van der Waals surface area contributed by atoms with E-state index in [9.17, 15) is 4.79 Å². The molecule has 112 valence electrons. The molecule has 1 aliphatic heterocycles. The number of esters is 1. The Kier molecular flexibility index (Phi) is 6.27. The highest BCUT2D eigenvalue weighted by Crippen LogP contribution is 2.15. The summed E-state index contributed by atoms with van der Waals surface area (Å²) in [6, 6.07) is 0.250. The molecule has 1 fully saturated rings. The predicted molar refractivity (Wildman–Crippen MR) is 78.1 cm³/mol. The van der Waals surface area contributed by atoms with E-state index < -0.39 is 5.60 Å². The van der Waals surface area contributed by atoms with Crippen molar-refractivity contribution in [2.24, 2.45) is 5.92 Å². The summed E-state index contributed by atoms with van der Waals surface area (Å²) in [6.07, 6.45) is 2.99. The van der Waals surface area contributed by atoms with E-state index in [0.29, 0.717) is 12.0 Å². The molecule has 1 saturated heterocycles. The molecule has 0 aromatic carbocycles. The van der Waals surface area contributed by atoms with Crippen molar-refractivity contribution in [1.82, 2.24) is 10.6 Å². The van der Waals surface area contributed by atoms with Gasteiger partial charge in [0.25, 0.3) is 0 Å². The maximum atomic E-state index is 12.3. The van der Waals surface area contributed by atoms with E-state index in [1.165, 1.54) is 0 Å². The van der Waals surface area contributed by atoms with E-state index in [2.05, 4.69) is 24.5 Å². The Labute approximate surface area is 117 Å². The van der Waals surface area contributed by atoms with Crippen LogP contribution in [-0.2, 0) is 9.53 Å². The second-order valence-electron chi connectivity index (χ2n) is 6.91. The van der Waals surface area contributed by atoms with Gasteiger partial charge in [-0.1, -0.05) is 13.8 Å². The van der Waals surface area contributed by atoms with Crippen LogP contribution in [0.1, 0.15) is 53.9 Å². The lowest BCUT2D eigenvalue weighted by molar-refractivity contribution is -0.158. The Morgan fingerprint density at radius 1 is 1.32 bits per heavy atom. The van der Waals surface area contributed by atoms with Crippen molar-refractivity contribution >= 4 is 5.97 Å². The molecular formula is C15H30N2O2. The van der Waals surface area contributed by atoms with Crippen molar-refractivity contribution in [3.05, 3.63) is 0 Å². The normalized spacial score (nSPS) is 19.5. The average molecular weight is 270 g/mol. The molecule has 19 heavy (non-hydrogen) atoms. The summed E-state index contributed by atoms with van der Waals surface area (Å²) >= 11 is 0. The van der Waals surface area contributed by atoms with Crippen LogP contribution in [0.3, 0.4) is 0 Å². The minimum absolute atomic E-state index is 0.111. The third-order valence-corrected chi connectivity index (χ3v) is 3.17. The van der Waals surface area contributed by atoms with Gasteiger partial charge in [-0.05, 0) is 59.0 Å². The molecule has 1 aliphatic rings. The fourth-order valence-corrected chi connectivity index (χ4v) is 2.35. The number of rotatable bonds is 5. The molecule has 0 radical (unpaired) electrons. The molecule has 0 amide bonds. The van der Waals surface area contributed by atoms with Crippen LogP contribution in [0.25, 0.3) is 0 Å². The molecule has 0 aromatic rings. The molecule has 0 spiro atoms. The van der Waals surface area contributed by atoms with E-state index >= 15 is 0 Å². The van der Waals surface area contributed by atoms with Gasteiger partial charge in [0, 0.05) is 6.04 Å². The lowest BCUT2D eigenvalue weighted by Crippen LogP contribution is -2.49. The van der Waals surface area contributed by atoms with Gasteiger partial charge in [-0.15, -0.1) is 0 Å². The first-order valence-corrected chi connectivity index (χ1v) is 7.47. The van der Waals surface area contributed by atoms with E-state index in [1.54, 1.807) is 0 Å². The molecule has 1 rings (SSSR count). The lowest BCUT2D eigenvalue weighted by atomic mass is 10.00. The van der Waals surface area contributed by atoms with Gasteiger partial charge in [0.15, 0.2) is 0 Å². The van der Waals surface area contributed by atoms with Gasteiger partial charge < -0.3 is 15.4 Å². The molecule has 4 heteroatoms. The number of hydrogen-bond acceptors (Lipinski definition) is 4. The number of ether oxygens (including phenoxy) is 1. The van der Waals surface area contributed by atoms with Gasteiger partial charge in [-0.25, -0.2) is 0 Å². The van der Waals surface area contributed by atoms with Gasteiger partial charge in [0.05, 0.1) is 0 Å². The number of carbonyl (C=O) groups is 1. The van der Waals surface area contributed by atoms with E-state index in [1.807, 2.05) is 20.8 Å². The minimum atomic E-state index is -0.415. The molecule has 1 atom stereocenters. The quantitative estimate of drug-likeness (QED) is 0.751. The maximum Gasteiger partial charge on any atom is 0.323 e. The third-order valence-electron chi connectivity index (χ3n) is 3.17. The highest BCUT2D eigenvalue weighted by molar-refractivity contribution is 5.76. The van der Waals surface area contributed by atoms with Crippen LogP contribution in [0.5, 0.6) is 0 Å². The summed E-state index contributed by atoms with van der Waals surface area (Å²) in [7, 11) is 0. The molecular weight excluding hydrogens is 240 g/mol. The molecule has 0 saturated carbocycles. The van der Waals surface area contributed by atoms with Gasteiger partial charge in [-0.2, -0.15) is 0 Å². The Morgan fingerprint density at radius 3 is 2.37 bits per heavy atom. The summed E-state index contributed by atoms with van der Waals surface area (Å²) in [6.45, 7) is 12.1. The maximum absolute atomic E-state index is 12.3. The van der Waals surface area contributed by atoms with E-state index in [-0.39, 0.29) is 12.0 Å². The van der Waals surface area contributed by atoms with Crippen molar-refractivity contribution in [1.29, 1.82) is 0 Å². The molecule has 0 aromatic heterocycles. The minimum Gasteiger partial charge on any atom is -0.459 e. The molecule has 0 bridgehead atoms. The second kappa shape index (κ2) is 7.25. The zero-order valence-electron chi connectivity index (χ0n) is 13.1. The highest BCUT2D eigenvalue weighted by atomic mass is 16.6. The first-order chi connectivity index (χ1) is 8.78. The number of nitrogens with one attached hydrogen (secondary N) is 2. The van der Waals surface area contributed by atoms with E-state index in [4.69, 9.17) is 4.74 Å². The lowest BCUT2D eigenvalue weighted by Gasteiger charge is -2.30. The van der Waals surface area contributed by atoms with Crippen LogP contribution in [0, 0.1) is 5.92 Å². The SMILES string of the molecule is CC(C)CC(NC1CCNCC1)C(=O)OC(C)(C)C. The van der Waals surface area contributed by atoms with Crippen molar-refractivity contribution in [3.8, 4) is 0 Å². The Balaban J connectivity index is 2.57. The smallest absolute Gasteiger partial charge is 0.323 e. The topological polar surface area (TPSA) is 50.4 Å². The number of piperidine rings is 1. The molecule has 4 nitrogen and oxygen atoms in total. The molecule has 1 unspecified atom stereocenters. The first-order valence-electron chi connectivity index (χ1n) is 7.47. The van der Waals surface area contributed by atoms with Crippen LogP contribution in [0.15, 0.2) is 0 Å². The van der Waals surface area contributed by atoms with Crippen LogP contribution >= 0.6 is 0 Å². The van der Waals surface area contributed by atoms with Gasteiger partial charge >= 0.3 is 5.97 Å². The van der Waals surface area contributed by atoms with Gasteiger partial charge in [0.2, 0.25) is 0 Å². The third kappa shape index (κ3) is 6.92. The fraction of sp³-hybridized carbons (Fsp3) is 0.933. The average Bonchev–Trinajstić information content (AvgIpc) is 2.26. The van der Waals surface area contributed by atoms with E-state index in [0.717, 1.165) is 32.4 Å². The highest BCUT2D eigenvalue weighted by Gasteiger charge is 2.28. The summed E-state index contributed by atoms with van der Waals surface area (Å²) in [5.74, 6) is 0.367. The standard InChI is InChI=1S/C15H30N2O2/c1-11(2)10-13(14(18)19-15(3,4)5)17-12-6-8-16-9-7-12/h11-13,16-17H,6-10H2,1-5H3. The van der Waals surface area contributed by atoms with Crippen LogP contribution < -0.4 is 10.6 Å². The zero-order valence-corrected chi connectivity index (χ0v) is 13.1. The monoisotopic (exact) mass is 270 g/mol. The fourth-order valence-electron chi connectivity index (χ4n) is 2.35. The summed E-state index contributed by atoms with van der Waals surface area (Å²) in [4.78, 5) is 12.3. The van der Waals surface area contributed by atoms with Crippen molar-refractivity contribution in [2.45, 2.75) is 71.6 Å². The summed E-state index contributed by atoms with van der Waals surface area (Å²) in [5.41, 5.74) is -0.415. The number of hydrogen-bond donors (Lipinski definition) is 2. The van der Waals surface area contributed by atoms with Crippen LogP contribution in [0.2, 0.25) is 0 Å². The van der Waals surface area contributed by atoms with Crippen LogP contribution in [0.4, 0.5) is 0 Å². The Bertz CT molecular complexity index is 278. The van der Waals surface area contributed by atoms with Crippen molar-refractivity contribution < 1.29 is 9.53 Å². The molecule has 0 aliphatic carbocycles.